The van der Waals surface area contributed by atoms with Gasteiger partial charge in [-0.25, -0.2) is 0 Å². The SMILES string of the molecule is C=C(C)/C=C\[S@](=O)[CH-]c1ccccc1.[Li+]. The third kappa shape index (κ3) is 6.41. The molecule has 0 radical (unpaired) electrons. The second-order valence-electron chi connectivity index (χ2n) is 3.01. The van der Waals surface area contributed by atoms with Crippen molar-refractivity contribution < 1.29 is 23.1 Å². The van der Waals surface area contributed by atoms with E-state index in [1.807, 2.05) is 37.3 Å². The molecule has 0 heterocycles. The Labute approximate surface area is 106 Å². The number of rotatable bonds is 4. The van der Waals surface area contributed by atoms with Crippen LogP contribution in [0.1, 0.15) is 12.5 Å². The molecule has 1 aromatic rings. The van der Waals surface area contributed by atoms with Crippen LogP contribution in [0.25, 0.3) is 0 Å². The fourth-order valence-electron chi connectivity index (χ4n) is 0.888. The van der Waals surface area contributed by atoms with Gasteiger partial charge in [0.25, 0.3) is 0 Å². The summed E-state index contributed by atoms with van der Waals surface area (Å²) in [5, 5.41) is 1.63. The van der Waals surface area contributed by atoms with Crippen LogP contribution in [0.3, 0.4) is 0 Å². The maximum Gasteiger partial charge on any atom is 1.00 e. The van der Waals surface area contributed by atoms with Crippen LogP contribution < -0.4 is 18.9 Å². The molecule has 0 aliphatic rings. The van der Waals surface area contributed by atoms with E-state index in [9.17, 15) is 4.21 Å². The molecule has 0 aliphatic carbocycles. The quantitative estimate of drug-likeness (QED) is 0.391. The van der Waals surface area contributed by atoms with Crippen LogP contribution in [0, 0.1) is 5.75 Å². The van der Waals surface area contributed by atoms with Crippen molar-refractivity contribution in [3.05, 3.63) is 65.3 Å². The Kier molecular flexibility index (Phi) is 7.24. The van der Waals surface area contributed by atoms with Gasteiger partial charge in [0.2, 0.25) is 0 Å². The van der Waals surface area contributed by atoms with Crippen molar-refractivity contribution in [1.29, 1.82) is 0 Å². The summed E-state index contributed by atoms with van der Waals surface area (Å²) >= 11 is 0. The van der Waals surface area contributed by atoms with Gasteiger partial charge >= 0.3 is 18.9 Å². The van der Waals surface area contributed by atoms with Gasteiger partial charge in [-0.05, 0) is 12.3 Å². The predicted octanol–water partition coefficient (Wildman–Crippen LogP) is 0.0390. The zero-order valence-electron chi connectivity index (χ0n) is 9.14. The summed E-state index contributed by atoms with van der Waals surface area (Å²) in [6.07, 6.45) is 1.76. The zero-order chi connectivity index (χ0) is 10.4. The molecule has 0 amide bonds. The molecule has 1 rings (SSSR count). The fourth-order valence-corrected chi connectivity index (χ4v) is 1.76. The van der Waals surface area contributed by atoms with Crippen LogP contribution in [0.2, 0.25) is 0 Å². The van der Waals surface area contributed by atoms with Gasteiger partial charge in [0.05, 0.1) is 0 Å². The van der Waals surface area contributed by atoms with Crippen LogP contribution in [0.15, 0.2) is 54.0 Å². The van der Waals surface area contributed by atoms with E-state index in [2.05, 4.69) is 6.58 Å². The van der Waals surface area contributed by atoms with Crippen molar-refractivity contribution in [1.82, 2.24) is 0 Å². The minimum absolute atomic E-state index is 0. The van der Waals surface area contributed by atoms with E-state index in [1.54, 1.807) is 17.2 Å². The third-order valence-electron chi connectivity index (χ3n) is 1.54. The monoisotopic (exact) mass is 212 g/mol. The van der Waals surface area contributed by atoms with Crippen LogP contribution in [0.4, 0.5) is 0 Å². The normalized spacial score (nSPS) is 11.8. The molecule has 15 heavy (non-hydrogen) atoms. The second kappa shape index (κ2) is 7.59. The van der Waals surface area contributed by atoms with Crippen molar-refractivity contribution in [2.75, 3.05) is 0 Å². The van der Waals surface area contributed by atoms with Gasteiger partial charge in [0, 0.05) is 10.8 Å². The summed E-state index contributed by atoms with van der Waals surface area (Å²) in [7, 11) is -1.06. The third-order valence-corrected chi connectivity index (χ3v) is 2.45. The van der Waals surface area contributed by atoms with Crippen LogP contribution in [-0.2, 0) is 10.8 Å². The van der Waals surface area contributed by atoms with Crippen molar-refractivity contribution >= 4 is 10.8 Å². The predicted molar refractivity (Wildman–Crippen MR) is 61.9 cm³/mol. The summed E-state index contributed by atoms with van der Waals surface area (Å²) in [5.74, 6) is 1.71. The molecule has 3 heteroatoms. The zero-order valence-corrected chi connectivity index (χ0v) is 9.96. The van der Waals surface area contributed by atoms with E-state index in [4.69, 9.17) is 0 Å². The standard InChI is InChI=1S/C12H13OS.Li/c1-11(2)8-9-14(13)10-12-6-4-3-5-7-12;/h3-10H,1H2,2H3;/q-1;+1/b9-8-;/t14-;/m0./s1. The molecule has 1 atom stereocenters. The van der Waals surface area contributed by atoms with Gasteiger partial charge in [0.1, 0.15) is 0 Å². The van der Waals surface area contributed by atoms with Crippen LogP contribution in [0.5, 0.6) is 0 Å². The minimum atomic E-state index is -1.06. The molecule has 0 unspecified atom stereocenters. The first kappa shape index (κ1) is 14.3. The van der Waals surface area contributed by atoms with Crippen LogP contribution in [-0.4, -0.2) is 4.21 Å². The van der Waals surface area contributed by atoms with Gasteiger partial charge in [-0.15, -0.1) is 12.1 Å². The van der Waals surface area contributed by atoms with E-state index in [1.165, 1.54) is 0 Å². The summed E-state index contributed by atoms with van der Waals surface area (Å²) in [6, 6.07) is 9.63. The Morgan fingerprint density at radius 2 is 2.00 bits per heavy atom. The van der Waals surface area contributed by atoms with Gasteiger partial charge in [-0.1, -0.05) is 30.0 Å². The molecule has 0 fully saturated rings. The first-order valence-electron chi connectivity index (χ1n) is 4.31. The molecular formula is C12H13LiOS. The first-order valence-corrected chi connectivity index (χ1v) is 5.59. The van der Waals surface area contributed by atoms with Gasteiger partial charge < -0.3 is 0 Å². The summed E-state index contributed by atoms with van der Waals surface area (Å²) in [5.41, 5.74) is 1.87. The first-order chi connectivity index (χ1) is 6.68. The maximum atomic E-state index is 11.4. The Morgan fingerprint density at radius 3 is 2.53 bits per heavy atom. The molecule has 0 saturated heterocycles. The topological polar surface area (TPSA) is 17.1 Å². The van der Waals surface area contributed by atoms with Crippen molar-refractivity contribution in [3.8, 4) is 0 Å². The second-order valence-corrected chi connectivity index (χ2v) is 4.17. The number of allylic oxidation sites excluding steroid dienone is 2. The number of hydrogen-bond donors (Lipinski definition) is 0. The number of benzene rings is 1. The van der Waals surface area contributed by atoms with E-state index in [0.29, 0.717) is 0 Å². The molecule has 0 spiro atoms. The fraction of sp³-hybridized carbons (Fsp3) is 0.0833. The van der Waals surface area contributed by atoms with Crippen molar-refractivity contribution in [3.63, 3.8) is 0 Å². The van der Waals surface area contributed by atoms with E-state index in [0.717, 1.165) is 11.1 Å². The van der Waals surface area contributed by atoms with Crippen molar-refractivity contribution in [2.24, 2.45) is 0 Å². The van der Waals surface area contributed by atoms with Gasteiger partial charge in [0.15, 0.2) is 0 Å². The van der Waals surface area contributed by atoms with E-state index >= 15 is 0 Å². The van der Waals surface area contributed by atoms with Gasteiger partial charge in [-0.2, -0.15) is 17.7 Å². The summed E-state index contributed by atoms with van der Waals surface area (Å²) in [4.78, 5) is 0. The van der Waals surface area contributed by atoms with Crippen LogP contribution >= 0.6 is 0 Å². The molecule has 0 aromatic heterocycles. The summed E-state index contributed by atoms with van der Waals surface area (Å²) < 4.78 is 11.4. The molecule has 0 N–H and O–H groups in total. The molecule has 0 bridgehead atoms. The Hall–Kier alpha value is -0.683. The summed E-state index contributed by atoms with van der Waals surface area (Å²) in [6.45, 7) is 5.57. The maximum absolute atomic E-state index is 11.4. The molecular weight excluding hydrogens is 199 g/mol. The Morgan fingerprint density at radius 1 is 1.40 bits per heavy atom. The Balaban J connectivity index is 0.00000196. The molecule has 1 aromatic carbocycles. The van der Waals surface area contributed by atoms with Crippen molar-refractivity contribution in [2.45, 2.75) is 6.92 Å². The van der Waals surface area contributed by atoms with E-state index < -0.39 is 10.8 Å². The average molecular weight is 212 g/mol. The molecule has 0 saturated carbocycles. The largest absolute Gasteiger partial charge is 1.00 e. The molecule has 74 valence electrons. The number of hydrogen-bond acceptors (Lipinski definition) is 1. The van der Waals surface area contributed by atoms with E-state index in [-0.39, 0.29) is 18.9 Å². The van der Waals surface area contributed by atoms with Gasteiger partial charge in [-0.3, -0.25) is 4.21 Å². The smallest absolute Gasteiger partial charge is 0.264 e. The Bertz CT molecular complexity index is 357. The molecule has 0 aliphatic heterocycles. The molecule has 1 nitrogen and oxygen atoms in total. The minimum Gasteiger partial charge on any atom is -0.264 e. The average Bonchev–Trinajstić information content (AvgIpc) is 2.16.